The molecule has 13 rings (SSSR count). The first-order valence-electron chi connectivity index (χ1n) is 21.7. The topological polar surface area (TPSA) is 38.4 Å². The quantitative estimate of drug-likeness (QED) is 0.124. The van der Waals surface area contributed by atoms with Gasteiger partial charge >= 0.3 is 0 Å². The number of halogens is 1. The van der Waals surface area contributed by atoms with Gasteiger partial charge in [-0.15, -0.1) is 0 Å². The summed E-state index contributed by atoms with van der Waals surface area (Å²) >= 11 is 0. The van der Waals surface area contributed by atoms with Crippen molar-refractivity contribution in [1.82, 2.24) is 18.9 Å². The van der Waals surface area contributed by atoms with Crippen molar-refractivity contribution in [3.63, 3.8) is 0 Å². The molecule has 1 aliphatic heterocycles. The lowest BCUT2D eigenvalue weighted by atomic mass is 9.97. The maximum absolute atomic E-state index is 17.4. The summed E-state index contributed by atoms with van der Waals surface area (Å²) in [5.41, 5.74) is 8.32. The third kappa shape index (κ3) is 5.22. The Bertz CT molecular complexity index is 3720. The van der Waals surface area contributed by atoms with E-state index in [1.807, 2.05) is 79.3 Å². The second-order valence-electron chi connectivity index (χ2n) is 16.7. The van der Waals surface area contributed by atoms with Crippen molar-refractivity contribution in [3.8, 4) is 5.82 Å². The fourth-order valence-electron chi connectivity index (χ4n) is 10.7. The molecule has 7 heteroatoms. The van der Waals surface area contributed by atoms with Crippen LogP contribution in [0, 0.1) is 0 Å². The van der Waals surface area contributed by atoms with Crippen molar-refractivity contribution < 1.29 is 4.39 Å². The van der Waals surface area contributed by atoms with Gasteiger partial charge in [0.2, 0.25) is 0 Å². The lowest BCUT2D eigenvalue weighted by molar-refractivity contribution is 0.402. The lowest BCUT2D eigenvalue weighted by Crippen LogP contribution is -2.77. The van der Waals surface area contributed by atoms with Gasteiger partial charge in [-0.05, 0) is 97.9 Å². The number of aromatic nitrogens is 4. The number of hydrogen-bond donors (Lipinski definition) is 0. The smallest absolute Gasteiger partial charge is 0.184 e. The SMILES string of the molecule is FC(c1ccc2c3ccccc3n3ccnc3c2c1)c1ccc2c3cc4c(cc3n(-c3ccccn3)c2c1)N(c1ccccc1)c1ccccc1[Si]4(c1ccccc1)c1ccccc1. The van der Waals surface area contributed by atoms with Crippen LogP contribution in [0.1, 0.15) is 17.3 Å². The van der Waals surface area contributed by atoms with Crippen molar-refractivity contribution in [3.05, 3.63) is 236 Å². The predicted octanol–water partition coefficient (Wildman–Crippen LogP) is 11.4. The Morgan fingerprint density at radius 1 is 0.438 bits per heavy atom. The van der Waals surface area contributed by atoms with Crippen molar-refractivity contribution in [2.24, 2.45) is 0 Å². The molecule has 5 heterocycles. The number of para-hydroxylation sites is 3. The predicted molar refractivity (Wildman–Crippen MR) is 264 cm³/mol. The van der Waals surface area contributed by atoms with Crippen LogP contribution in [0.2, 0.25) is 0 Å². The monoisotopic (exact) mass is 839 g/mol. The third-order valence-corrected chi connectivity index (χ3v) is 18.2. The summed E-state index contributed by atoms with van der Waals surface area (Å²) < 4.78 is 21.7. The van der Waals surface area contributed by atoms with Crippen molar-refractivity contribution in [2.75, 3.05) is 4.90 Å². The Labute approximate surface area is 369 Å². The Morgan fingerprint density at radius 2 is 1.08 bits per heavy atom. The molecule has 0 fully saturated rings. The Hall–Kier alpha value is -8.13. The molecule has 0 radical (unpaired) electrons. The molecular formula is C57H38FN5Si. The number of hydrogen-bond acceptors (Lipinski definition) is 3. The first-order chi connectivity index (χ1) is 31.7. The molecular weight excluding hydrogens is 802 g/mol. The second-order valence-corrected chi connectivity index (χ2v) is 20.4. The van der Waals surface area contributed by atoms with Gasteiger partial charge in [-0.3, -0.25) is 8.97 Å². The van der Waals surface area contributed by atoms with Crippen LogP contribution in [0.3, 0.4) is 0 Å². The van der Waals surface area contributed by atoms with Crippen LogP contribution in [0.15, 0.2) is 225 Å². The summed E-state index contributed by atoms with van der Waals surface area (Å²) in [4.78, 5) is 12.1. The van der Waals surface area contributed by atoms with Crippen LogP contribution in [0.25, 0.3) is 54.9 Å². The molecule has 302 valence electrons. The molecule has 64 heavy (non-hydrogen) atoms. The highest BCUT2D eigenvalue weighted by Gasteiger charge is 2.49. The zero-order valence-electron chi connectivity index (χ0n) is 34.6. The van der Waals surface area contributed by atoms with E-state index >= 15 is 4.39 Å². The average Bonchev–Trinajstić information content (AvgIpc) is 3.99. The van der Waals surface area contributed by atoms with E-state index < -0.39 is 14.2 Å². The second kappa shape index (κ2) is 14.2. The van der Waals surface area contributed by atoms with Crippen LogP contribution in [0.4, 0.5) is 21.5 Å². The summed E-state index contributed by atoms with van der Waals surface area (Å²) in [5, 5.41) is 10.5. The Morgan fingerprint density at radius 3 is 1.84 bits per heavy atom. The number of rotatable bonds is 6. The number of fused-ring (bicyclic) bond motifs is 11. The minimum absolute atomic E-state index is 0.576. The normalized spacial score (nSPS) is 13.7. The molecule has 0 saturated carbocycles. The molecule has 0 spiro atoms. The van der Waals surface area contributed by atoms with Gasteiger partial charge in [-0.1, -0.05) is 146 Å². The molecule has 0 aliphatic carbocycles. The number of nitrogens with zero attached hydrogens (tertiary/aromatic N) is 5. The van der Waals surface area contributed by atoms with Gasteiger partial charge in [0.05, 0.1) is 16.6 Å². The minimum Gasteiger partial charge on any atom is -0.311 e. The first-order valence-corrected chi connectivity index (χ1v) is 23.7. The molecule has 4 aromatic heterocycles. The van der Waals surface area contributed by atoms with Crippen molar-refractivity contribution in [1.29, 1.82) is 0 Å². The maximum Gasteiger partial charge on any atom is 0.184 e. The first kappa shape index (κ1) is 36.5. The number of anilines is 3. The van der Waals surface area contributed by atoms with E-state index in [0.717, 1.165) is 66.3 Å². The highest BCUT2D eigenvalue weighted by Crippen LogP contribution is 2.43. The van der Waals surface area contributed by atoms with E-state index in [-0.39, 0.29) is 0 Å². The summed E-state index contributed by atoms with van der Waals surface area (Å²) in [7, 11) is -2.99. The number of alkyl halides is 1. The molecule has 0 saturated heterocycles. The largest absolute Gasteiger partial charge is 0.311 e. The van der Waals surface area contributed by atoms with Crippen LogP contribution in [-0.4, -0.2) is 27.0 Å². The molecule has 12 aromatic rings. The Kier molecular flexibility index (Phi) is 8.10. The van der Waals surface area contributed by atoms with Crippen LogP contribution < -0.4 is 25.6 Å². The molecule has 1 aliphatic rings. The molecule has 0 bridgehead atoms. The molecule has 8 aromatic carbocycles. The van der Waals surface area contributed by atoms with Gasteiger partial charge in [-0.25, -0.2) is 14.4 Å². The van der Waals surface area contributed by atoms with E-state index in [1.165, 1.54) is 26.4 Å². The zero-order chi connectivity index (χ0) is 42.4. The van der Waals surface area contributed by atoms with Crippen LogP contribution in [-0.2, 0) is 0 Å². The standard InChI is InChI=1S/C57H38FN5Si/c58-56(38-27-29-43-44-22-10-11-23-48(44)61-33-32-60-57(61)47(43)34-38)39-28-30-45-46-36-54-52(37-51(46)63(50(45)35-39)55-26-14-15-31-59-55)62(40-16-4-1-5-17-40)49-24-12-13-25-53(49)64(54,41-18-6-2-7-19-41)42-20-8-3-9-21-42/h1-37,56H. The molecule has 5 nitrogen and oxygen atoms in total. The molecule has 1 atom stereocenters. The van der Waals surface area contributed by atoms with E-state index in [4.69, 9.17) is 9.97 Å². The van der Waals surface area contributed by atoms with Crippen LogP contribution in [0.5, 0.6) is 0 Å². The fraction of sp³-hybridized carbons (Fsp3) is 0.0175. The number of imidazole rings is 1. The van der Waals surface area contributed by atoms with E-state index in [1.54, 1.807) is 0 Å². The van der Waals surface area contributed by atoms with E-state index in [9.17, 15) is 0 Å². The minimum atomic E-state index is -2.99. The van der Waals surface area contributed by atoms with E-state index in [2.05, 4.69) is 159 Å². The lowest BCUT2D eigenvalue weighted by Gasteiger charge is -2.45. The Balaban J connectivity index is 1.09. The summed E-state index contributed by atoms with van der Waals surface area (Å²) in [5.74, 6) is 0.770. The number of pyridine rings is 2. The fourth-order valence-corrected chi connectivity index (χ4v) is 15.8. The van der Waals surface area contributed by atoms with Gasteiger partial charge in [0, 0.05) is 57.2 Å². The zero-order valence-corrected chi connectivity index (χ0v) is 35.6. The van der Waals surface area contributed by atoms with Gasteiger partial charge in [0.25, 0.3) is 0 Å². The van der Waals surface area contributed by atoms with Crippen LogP contribution >= 0.6 is 0 Å². The highest BCUT2D eigenvalue weighted by atomic mass is 28.3. The van der Waals surface area contributed by atoms with Crippen molar-refractivity contribution in [2.45, 2.75) is 6.17 Å². The van der Waals surface area contributed by atoms with E-state index in [0.29, 0.717) is 11.1 Å². The third-order valence-electron chi connectivity index (χ3n) is 13.4. The van der Waals surface area contributed by atoms with Gasteiger partial charge in [-0.2, -0.15) is 0 Å². The number of benzene rings is 8. The average molecular weight is 840 g/mol. The van der Waals surface area contributed by atoms with Gasteiger partial charge in [0.15, 0.2) is 14.2 Å². The molecule has 0 N–H and O–H groups in total. The molecule has 0 amide bonds. The van der Waals surface area contributed by atoms with Gasteiger partial charge < -0.3 is 4.90 Å². The highest BCUT2D eigenvalue weighted by molar-refractivity contribution is 7.21. The maximum atomic E-state index is 17.4. The molecule has 1 unspecified atom stereocenters. The van der Waals surface area contributed by atoms with Gasteiger partial charge in [0.1, 0.15) is 11.5 Å². The summed E-state index contributed by atoms with van der Waals surface area (Å²) in [6, 6.07) is 73.1. The van der Waals surface area contributed by atoms with Crippen molar-refractivity contribution >= 4 is 95.0 Å². The summed E-state index contributed by atoms with van der Waals surface area (Å²) in [6.45, 7) is 0. The summed E-state index contributed by atoms with van der Waals surface area (Å²) in [6.07, 6.45) is 4.23.